The first-order chi connectivity index (χ1) is 12.3. The maximum absolute atomic E-state index is 12.1. The van der Waals surface area contributed by atoms with Gasteiger partial charge >= 0.3 is 6.18 Å². The summed E-state index contributed by atoms with van der Waals surface area (Å²) in [6, 6.07) is 7.07. The van der Waals surface area contributed by atoms with Crippen LogP contribution < -0.4 is 5.32 Å². The van der Waals surface area contributed by atoms with Gasteiger partial charge in [0.15, 0.2) is 0 Å². The number of benzene rings is 1. The normalized spacial score (nSPS) is 16.6. The van der Waals surface area contributed by atoms with Gasteiger partial charge < -0.3 is 15.0 Å². The summed E-state index contributed by atoms with van der Waals surface area (Å²) in [4.78, 5) is 16.3. The van der Waals surface area contributed by atoms with Crippen molar-refractivity contribution in [3.63, 3.8) is 0 Å². The van der Waals surface area contributed by atoms with E-state index >= 15 is 0 Å². The van der Waals surface area contributed by atoms with E-state index in [1.807, 2.05) is 4.90 Å². The van der Waals surface area contributed by atoms with Crippen LogP contribution in [0, 0.1) is 0 Å². The minimum atomic E-state index is -4.27. The Hall–Kier alpha value is -1.35. The average molecular weight is 394 g/mol. The number of nitrogens with zero attached hydrogens (tertiary/aromatic N) is 2. The van der Waals surface area contributed by atoms with Crippen LogP contribution in [0.5, 0.6) is 0 Å². The van der Waals surface area contributed by atoms with E-state index in [0.29, 0.717) is 23.7 Å². The van der Waals surface area contributed by atoms with Crippen molar-refractivity contribution in [3.05, 3.63) is 29.3 Å². The van der Waals surface area contributed by atoms with Crippen molar-refractivity contribution in [2.45, 2.75) is 12.6 Å². The molecule has 9 heteroatoms. The number of carbonyl (C=O) groups is 1. The molecule has 0 saturated carbocycles. The van der Waals surface area contributed by atoms with Crippen molar-refractivity contribution >= 4 is 23.2 Å². The van der Waals surface area contributed by atoms with Crippen LogP contribution in [0.15, 0.2) is 24.3 Å². The van der Waals surface area contributed by atoms with E-state index in [-0.39, 0.29) is 19.1 Å². The Bertz CT molecular complexity index is 579. The lowest BCUT2D eigenvalue weighted by molar-refractivity contribution is -0.174. The smallest absolute Gasteiger partial charge is 0.372 e. The summed E-state index contributed by atoms with van der Waals surface area (Å²) >= 11 is 6.02. The number of ether oxygens (including phenoxy) is 1. The first-order valence-corrected chi connectivity index (χ1v) is 8.85. The van der Waals surface area contributed by atoms with E-state index in [9.17, 15) is 18.0 Å². The first kappa shape index (κ1) is 21.0. The number of rotatable bonds is 8. The maximum Gasteiger partial charge on any atom is 0.411 e. The molecule has 1 aliphatic rings. The zero-order chi connectivity index (χ0) is 19.0. The molecule has 1 aromatic rings. The number of amides is 1. The quantitative estimate of drug-likeness (QED) is 0.690. The largest absolute Gasteiger partial charge is 0.411 e. The SMILES string of the molecule is O=C(CN1CCN(CCCOCC(F)(F)F)CC1)Nc1ccccc1Cl. The van der Waals surface area contributed by atoms with E-state index in [0.717, 1.165) is 26.2 Å². The third-order valence-electron chi connectivity index (χ3n) is 4.01. The van der Waals surface area contributed by atoms with Crippen molar-refractivity contribution in [2.24, 2.45) is 0 Å². The molecule has 1 N–H and O–H groups in total. The van der Waals surface area contributed by atoms with Crippen LogP contribution in [0.2, 0.25) is 5.02 Å². The first-order valence-electron chi connectivity index (χ1n) is 8.47. The minimum Gasteiger partial charge on any atom is -0.372 e. The van der Waals surface area contributed by atoms with Crippen LogP contribution in [0.1, 0.15) is 6.42 Å². The lowest BCUT2D eigenvalue weighted by Gasteiger charge is -2.34. The van der Waals surface area contributed by atoms with Crippen molar-refractivity contribution in [1.29, 1.82) is 0 Å². The molecule has 26 heavy (non-hydrogen) atoms. The van der Waals surface area contributed by atoms with Gasteiger partial charge in [0.2, 0.25) is 5.91 Å². The van der Waals surface area contributed by atoms with Gasteiger partial charge in [-0.2, -0.15) is 13.2 Å². The third-order valence-corrected chi connectivity index (χ3v) is 4.34. The van der Waals surface area contributed by atoms with Crippen molar-refractivity contribution in [3.8, 4) is 0 Å². The second-order valence-electron chi connectivity index (χ2n) is 6.17. The Kier molecular flexibility index (Phi) is 8.15. The topological polar surface area (TPSA) is 44.8 Å². The van der Waals surface area contributed by atoms with E-state index in [2.05, 4.69) is 15.0 Å². The summed E-state index contributed by atoms with van der Waals surface area (Å²) in [6.07, 6.45) is -3.71. The third kappa shape index (κ3) is 7.90. The molecule has 1 fully saturated rings. The summed E-state index contributed by atoms with van der Waals surface area (Å²) in [5.41, 5.74) is 0.594. The Labute approximate surface area is 156 Å². The molecule has 2 rings (SSSR count). The van der Waals surface area contributed by atoms with Crippen LogP contribution in [0.25, 0.3) is 0 Å². The summed E-state index contributed by atoms with van der Waals surface area (Å²) in [7, 11) is 0. The highest BCUT2D eigenvalue weighted by Gasteiger charge is 2.27. The van der Waals surface area contributed by atoms with Gasteiger partial charge in [0, 0.05) is 39.3 Å². The van der Waals surface area contributed by atoms with Crippen LogP contribution in [0.4, 0.5) is 18.9 Å². The molecule has 1 heterocycles. The standard InChI is InChI=1S/C17H23ClF3N3O2/c18-14-4-1-2-5-15(14)22-16(25)12-24-9-7-23(8-10-24)6-3-11-26-13-17(19,20)21/h1-2,4-5H,3,6-13H2,(H,22,25). The van der Waals surface area contributed by atoms with Crippen molar-refractivity contribution in [2.75, 3.05) is 57.8 Å². The van der Waals surface area contributed by atoms with Crippen LogP contribution >= 0.6 is 11.6 Å². The zero-order valence-electron chi connectivity index (χ0n) is 14.4. The molecule has 0 radical (unpaired) electrons. The molecule has 1 aromatic carbocycles. The number of carbonyl (C=O) groups excluding carboxylic acids is 1. The van der Waals surface area contributed by atoms with Gasteiger partial charge in [-0.05, 0) is 18.6 Å². The highest BCUT2D eigenvalue weighted by Crippen LogP contribution is 2.20. The lowest BCUT2D eigenvalue weighted by Crippen LogP contribution is -2.48. The fourth-order valence-electron chi connectivity index (χ4n) is 2.70. The Morgan fingerprint density at radius 1 is 1.15 bits per heavy atom. The molecule has 0 spiro atoms. The van der Waals surface area contributed by atoms with E-state index in [4.69, 9.17) is 11.6 Å². The predicted octanol–water partition coefficient (Wildman–Crippen LogP) is 2.87. The molecule has 0 unspecified atom stereocenters. The zero-order valence-corrected chi connectivity index (χ0v) is 15.2. The van der Waals surface area contributed by atoms with Crippen molar-refractivity contribution < 1.29 is 22.7 Å². The van der Waals surface area contributed by atoms with E-state index in [1.54, 1.807) is 24.3 Å². The maximum atomic E-state index is 12.1. The molecule has 0 aliphatic carbocycles. The lowest BCUT2D eigenvalue weighted by atomic mass is 10.2. The van der Waals surface area contributed by atoms with Gasteiger partial charge in [-0.25, -0.2) is 0 Å². The number of hydrogen-bond acceptors (Lipinski definition) is 4. The number of alkyl halides is 3. The minimum absolute atomic E-state index is 0.0972. The van der Waals surface area contributed by atoms with Gasteiger partial charge in [0.1, 0.15) is 6.61 Å². The molecule has 5 nitrogen and oxygen atoms in total. The second kappa shape index (κ2) is 10.1. The summed E-state index contributed by atoms with van der Waals surface area (Å²) < 4.78 is 40.5. The summed E-state index contributed by atoms with van der Waals surface area (Å²) in [5, 5.41) is 3.29. The van der Waals surface area contributed by atoms with Gasteiger partial charge in [-0.1, -0.05) is 23.7 Å². The monoisotopic (exact) mass is 393 g/mol. The molecule has 1 amide bonds. The number of para-hydroxylation sites is 1. The molecule has 146 valence electrons. The number of hydrogen-bond donors (Lipinski definition) is 1. The Morgan fingerprint density at radius 2 is 1.81 bits per heavy atom. The Morgan fingerprint density at radius 3 is 2.46 bits per heavy atom. The van der Waals surface area contributed by atoms with Crippen LogP contribution in [-0.2, 0) is 9.53 Å². The van der Waals surface area contributed by atoms with Gasteiger partial charge in [0.25, 0.3) is 0 Å². The summed E-state index contributed by atoms with van der Waals surface area (Å²) in [5.74, 6) is -0.118. The fourth-order valence-corrected chi connectivity index (χ4v) is 2.89. The van der Waals surface area contributed by atoms with Gasteiger partial charge in [0.05, 0.1) is 17.3 Å². The molecule has 1 aliphatic heterocycles. The predicted molar refractivity (Wildman–Crippen MR) is 94.5 cm³/mol. The highest BCUT2D eigenvalue weighted by atomic mass is 35.5. The van der Waals surface area contributed by atoms with Gasteiger partial charge in [-0.15, -0.1) is 0 Å². The van der Waals surface area contributed by atoms with E-state index in [1.165, 1.54) is 0 Å². The molecule has 0 atom stereocenters. The van der Waals surface area contributed by atoms with Crippen LogP contribution in [-0.4, -0.2) is 74.4 Å². The number of nitrogens with one attached hydrogen (secondary N) is 1. The second-order valence-corrected chi connectivity index (χ2v) is 6.57. The van der Waals surface area contributed by atoms with Crippen molar-refractivity contribution in [1.82, 2.24) is 9.80 Å². The molecular weight excluding hydrogens is 371 g/mol. The van der Waals surface area contributed by atoms with Gasteiger partial charge in [-0.3, -0.25) is 9.69 Å². The number of piperazine rings is 1. The molecule has 0 aromatic heterocycles. The van der Waals surface area contributed by atoms with Crippen LogP contribution in [0.3, 0.4) is 0 Å². The molecule has 0 bridgehead atoms. The highest BCUT2D eigenvalue weighted by molar-refractivity contribution is 6.33. The average Bonchev–Trinajstić information content (AvgIpc) is 2.57. The Balaban J connectivity index is 1.59. The fraction of sp³-hybridized carbons (Fsp3) is 0.588. The number of halogens is 4. The van der Waals surface area contributed by atoms with E-state index < -0.39 is 12.8 Å². The molecule has 1 saturated heterocycles. The summed E-state index contributed by atoms with van der Waals surface area (Å²) in [6.45, 7) is 2.91. The molecular formula is C17H23ClF3N3O2. The number of anilines is 1.